The molecule has 88 valence electrons. The van der Waals surface area contributed by atoms with Gasteiger partial charge < -0.3 is 10.0 Å². The second-order valence-corrected chi connectivity index (χ2v) is 5.32. The van der Waals surface area contributed by atoms with Crippen LogP contribution in [0, 0.1) is 0 Å². The summed E-state index contributed by atoms with van der Waals surface area (Å²) >= 11 is 1.58. The van der Waals surface area contributed by atoms with Gasteiger partial charge in [0, 0.05) is 12.3 Å². The fourth-order valence-electron chi connectivity index (χ4n) is 1.87. The van der Waals surface area contributed by atoms with Crippen LogP contribution in [0.3, 0.4) is 0 Å². The van der Waals surface area contributed by atoms with Gasteiger partial charge in [-0.2, -0.15) is 0 Å². The predicted molar refractivity (Wildman–Crippen MR) is 64.5 cm³/mol. The standard InChI is InChI=1S/C11H21NO2S/c1-2-10(11(13)14)15-9-8-12-6-4-3-5-7-12/h10H,2-9H2,1H3,(H,13,14). The molecule has 1 aliphatic heterocycles. The van der Waals surface area contributed by atoms with Crippen molar-refractivity contribution in [2.75, 3.05) is 25.4 Å². The van der Waals surface area contributed by atoms with Gasteiger partial charge in [0.2, 0.25) is 0 Å². The molecule has 0 bridgehead atoms. The van der Waals surface area contributed by atoms with E-state index in [0.29, 0.717) is 0 Å². The van der Waals surface area contributed by atoms with Crippen LogP contribution in [0.5, 0.6) is 0 Å². The lowest BCUT2D eigenvalue weighted by Crippen LogP contribution is -2.32. The monoisotopic (exact) mass is 231 g/mol. The number of rotatable bonds is 6. The fraction of sp³-hybridized carbons (Fsp3) is 0.909. The highest BCUT2D eigenvalue weighted by Crippen LogP contribution is 2.16. The van der Waals surface area contributed by atoms with E-state index in [1.54, 1.807) is 11.8 Å². The van der Waals surface area contributed by atoms with E-state index in [1.165, 1.54) is 32.4 Å². The number of nitrogens with zero attached hydrogens (tertiary/aromatic N) is 1. The molecule has 1 atom stereocenters. The number of aliphatic carboxylic acids is 1. The summed E-state index contributed by atoms with van der Waals surface area (Å²) in [5.74, 6) is 0.284. The van der Waals surface area contributed by atoms with Crippen LogP contribution in [0.25, 0.3) is 0 Å². The molecular weight excluding hydrogens is 210 g/mol. The normalized spacial score (nSPS) is 20.1. The van der Waals surface area contributed by atoms with Crippen molar-refractivity contribution >= 4 is 17.7 Å². The van der Waals surface area contributed by atoms with Crippen molar-refractivity contribution in [3.05, 3.63) is 0 Å². The van der Waals surface area contributed by atoms with Gasteiger partial charge in [0.05, 0.1) is 0 Å². The van der Waals surface area contributed by atoms with E-state index >= 15 is 0 Å². The van der Waals surface area contributed by atoms with Crippen molar-refractivity contribution in [3.8, 4) is 0 Å². The van der Waals surface area contributed by atoms with E-state index in [0.717, 1.165) is 18.7 Å². The molecule has 4 heteroatoms. The molecule has 1 saturated heterocycles. The Labute approximate surface area is 96.2 Å². The molecule has 0 aromatic heterocycles. The van der Waals surface area contributed by atoms with Crippen molar-refractivity contribution < 1.29 is 9.90 Å². The highest BCUT2D eigenvalue weighted by Gasteiger charge is 2.16. The van der Waals surface area contributed by atoms with Crippen molar-refractivity contribution in [2.45, 2.75) is 37.9 Å². The SMILES string of the molecule is CCC(SCCN1CCCCC1)C(=O)O. The van der Waals surface area contributed by atoms with Gasteiger partial charge in [-0.25, -0.2) is 0 Å². The fourth-order valence-corrected chi connectivity index (χ4v) is 2.90. The van der Waals surface area contributed by atoms with E-state index in [-0.39, 0.29) is 5.25 Å². The van der Waals surface area contributed by atoms with Crippen LogP contribution in [0.2, 0.25) is 0 Å². The second-order valence-electron chi connectivity index (χ2n) is 4.01. The van der Waals surface area contributed by atoms with Crippen LogP contribution in [0.15, 0.2) is 0 Å². The first-order valence-corrected chi connectivity index (χ1v) is 6.85. The van der Waals surface area contributed by atoms with Crippen LogP contribution in [-0.2, 0) is 4.79 Å². The van der Waals surface area contributed by atoms with Crippen molar-refractivity contribution in [1.29, 1.82) is 0 Å². The Hall–Kier alpha value is -0.220. The van der Waals surface area contributed by atoms with Gasteiger partial charge in [-0.05, 0) is 32.4 Å². The Bertz CT molecular complexity index is 193. The van der Waals surface area contributed by atoms with Crippen LogP contribution in [0.4, 0.5) is 0 Å². The van der Waals surface area contributed by atoms with E-state index in [9.17, 15) is 4.79 Å². The summed E-state index contributed by atoms with van der Waals surface area (Å²) in [6, 6.07) is 0. The summed E-state index contributed by atoms with van der Waals surface area (Å²) < 4.78 is 0. The number of carboxylic acids is 1. The summed E-state index contributed by atoms with van der Waals surface area (Å²) in [6.45, 7) is 5.38. The van der Waals surface area contributed by atoms with Crippen molar-refractivity contribution in [3.63, 3.8) is 0 Å². The third-order valence-electron chi connectivity index (χ3n) is 2.82. The molecule has 0 aliphatic carbocycles. The lowest BCUT2D eigenvalue weighted by Gasteiger charge is -2.26. The maximum Gasteiger partial charge on any atom is 0.316 e. The maximum absolute atomic E-state index is 10.8. The molecule has 0 spiro atoms. The van der Waals surface area contributed by atoms with Crippen molar-refractivity contribution in [2.24, 2.45) is 0 Å². The molecule has 0 amide bonds. The minimum atomic E-state index is -0.666. The third-order valence-corrected chi connectivity index (χ3v) is 4.18. The van der Waals surface area contributed by atoms with E-state index < -0.39 is 5.97 Å². The predicted octanol–water partition coefficient (Wildman–Crippen LogP) is 2.07. The number of likely N-dealkylation sites (tertiary alicyclic amines) is 1. The molecule has 1 heterocycles. The molecule has 1 fully saturated rings. The summed E-state index contributed by atoms with van der Waals surface area (Å²) in [7, 11) is 0. The molecule has 0 radical (unpaired) electrons. The Morgan fingerprint density at radius 3 is 2.60 bits per heavy atom. The Morgan fingerprint density at radius 2 is 2.07 bits per heavy atom. The Balaban J connectivity index is 2.11. The smallest absolute Gasteiger partial charge is 0.316 e. The summed E-state index contributed by atoms with van der Waals surface area (Å²) in [4.78, 5) is 13.2. The van der Waals surface area contributed by atoms with Gasteiger partial charge in [-0.3, -0.25) is 4.79 Å². The molecule has 1 N–H and O–H groups in total. The van der Waals surface area contributed by atoms with Crippen LogP contribution in [-0.4, -0.2) is 46.6 Å². The quantitative estimate of drug-likeness (QED) is 0.759. The van der Waals surface area contributed by atoms with E-state index in [2.05, 4.69) is 4.90 Å². The van der Waals surface area contributed by atoms with Gasteiger partial charge in [-0.15, -0.1) is 11.8 Å². The Kier molecular flexibility index (Phi) is 6.10. The molecule has 3 nitrogen and oxygen atoms in total. The summed E-state index contributed by atoms with van der Waals surface area (Å²) in [5, 5.41) is 8.66. The number of carboxylic acid groups (broad SMARTS) is 1. The molecule has 1 aliphatic rings. The molecule has 0 saturated carbocycles. The highest BCUT2D eigenvalue weighted by atomic mass is 32.2. The van der Waals surface area contributed by atoms with E-state index in [1.807, 2.05) is 6.92 Å². The zero-order valence-electron chi connectivity index (χ0n) is 9.45. The van der Waals surface area contributed by atoms with Gasteiger partial charge in [0.1, 0.15) is 5.25 Å². The first kappa shape index (κ1) is 12.8. The topological polar surface area (TPSA) is 40.5 Å². The first-order chi connectivity index (χ1) is 7.24. The minimum Gasteiger partial charge on any atom is -0.480 e. The lowest BCUT2D eigenvalue weighted by molar-refractivity contribution is -0.136. The lowest BCUT2D eigenvalue weighted by atomic mass is 10.1. The second kappa shape index (κ2) is 7.12. The summed E-state index contributed by atoms with van der Waals surface area (Å²) in [5.41, 5.74) is 0. The zero-order chi connectivity index (χ0) is 11.1. The number of thioether (sulfide) groups is 1. The average Bonchev–Trinajstić information content (AvgIpc) is 2.25. The number of hydrogen-bond donors (Lipinski definition) is 1. The molecule has 0 aromatic carbocycles. The number of carbonyl (C=O) groups is 1. The minimum absolute atomic E-state index is 0.213. The molecular formula is C11H21NO2S. The highest BCUT2D eigenvalue weighted by molar-refractivity contribution is 8.00. The Morgan fingerprint density at radius 1 is 1.40 bits per heavy atom. The summed E-state index contributed by atoms with van der Waals surface area (Å²) in [6.07, 6.45) is 4.69. The first-order valence-electron chi connectivity index (χ1n) is 5.80. The van der Waals surface area contributed by atoms with E-state index in [4.69, 9.17) is 5.11 Å². The average molecular weight is 231 g/mol. The van der Waals surface area contributed by atoms with Gasteiger partial charge >= 0.3 is 5.97 Å². The molecule has 0 aromatic rings. The molecule has 1 rings (SSSR count). The molecule has 15 heavy (non-hydrogen) atoms. The van der Waals surface area contributed by atoms with Crippen LogP contribution >= 0.6 is 11.8 Å². The number of piperidine rings is 1. The van der Waals surface area contributed by atoms with Crippen molar-refractivity contribution in [1.82, 2.24) is 4.90 Å². The number of hydrogen-bond acceptors (Lipinski definition) is 3. The largest absolute Gasteiger partial charge is 0.480 e. The maximum atomic E-state index is 10.8. The van der Waals surface area contributed by atoms with Gasteiger partial charge in [0.25, 0.3) is 0 Å². The van der Waals surface area contributed by atoms with Gasteiger partial charge in [-0.1, -0.05) is 13.3 Å². The van der Waals surface area contributed by atoms with Crippen LogP contribution < -0.4 is 0 Å². The van der Waals surface area contributed by atoms with Crippen LogP contribution in [0.1, 0.15) is 32.6 Å². The van der Waals surface area contributed by atoms with Gasteiger partial charge in [0.15, 0.2) is 0 Å². The zero-order valence-corrected chi connectivity index (χ0v) is 10.3. The third kappa shape index (κ3) is 4.89. The molecule has 1 unspecified atom stereocenters.